The smallest absolute Gasteiger partial charge is 0.311 e. The van der Waals surface area contributed by atoms with Crippen LogP contribution in [0.3, 0.4) is 0 Å². The van der Waals surface area contributed by atoms with E-state index in [0.717, 1.165) is 38.5 Å². The van der Waals surface area contributed by atoms with Gasteiger partial charge in [-0.25, -0.2) is 0 Å². The molecule has 3 saturated carbocycles. The lowest BCUT2D eigenvalue weighted by Gasteiger charge is -2.57. The Labute approximate surface area is 169 Å². The van der Waals surface area contributed by atoms with E-state index in [1.54, 1.807) is 0 Å². The lowest BCUT2D eigenvalue weighted by Crippen LogP contribution is -2.53. The van der Waals surface area contributed by atoms with Crippen molar-refractivity contribution >= 4 is 11.8 Å². The van der Waals surface area contributed by atoms with Gasteiger partial charge in [-0.2, -0.15) is 0 Å². The van der Waals surface area contributed by atoms with Gasteiger partial charge in [0, 0.05) is 17.8 Å². The average molecular weight is 389 g/mol. The van der Waals surface area contributed by atoms with Crippen LogP contribution >= 0.6 is 0 Å². The number of carbonyl (C=O) groups is 2. The summed E-state index contributed by atoms with van der Waals surface area (Å²) >= 11 is 0. The van der Waals surface area contributed by atoms with Crippen molar-refractivity contribution in [1.82, 2.24) is 0 Å². The molecule has 0 aromatic rings. The van der Waals surface area contributed by atoms with Gasteiger partial charge < -0.3 is 9.84 Å². The van der Waals surface area contributed by atoms with Crippen LogP contribution < -0.4 is 0 Å². The van der Waals surface area contributed by atoms with E-state index in [9.17, 15) is 14.7 Å². The van der Waals surface area contributed by atoms with Crippen molar-refractivity contribution in [2.75, 3.05) is 0 Å². The van der Waals surface area contributed by atoms with Crippen LogP contribution in [-0.2, 0) is 14.3 Å². The summed E-state index contributed by atoms with van der Waals surface area (Å²) in [5, 5.41) is 10.1. The summed E-state index contributed by atoms with van der Waals surface area (Å²) in [6.45, 7) is 10.1. The first kappa shape index (κ1) is 20.1. The summed E-state index contributed by atoms with van der Waals surface area (Å²) in [5.41, 5.74) is 0.636. The topological polar surface area (TPSA) is 63.6 Å². The molecule has 0 aliphatic heterocycles. The molecule has 0 saturated heterocycles. The lowest BCUT2D eigenvalue weighted by atomic mass is 9.47. The molecule has 4 aliphatic rings. The Kier molecular flexibility index (Phi) is 4.61. The summed E-state index contributed by atoms with van der Waals surface area (Å²) in [7, 11) is 0. The first-order valence-electron chi connectivity index (χ1n) is 11.1. The summed E-state index contributed by atoms with van der Waals surface area (Å²) < 4.78 is 6.00. The molecule has 4 rings (SSSR count). The van der Waals surface area contributed by atoms with E-state index in [-0.39, 0.29) is 40.7 Å². The molecule has 156 valence electrons. The number of allylic oxidation sites excluding steroid dienone is 1. The first-order valence-corrected chi connectivity index (χ1v) is 11.1. The minimum atomic E-state index is -0.552. The van der Waals surface area contributed by atoms with E-state index in [0.29, 0.717) is 18.3 Å². The minimum Gasteiger partial charge on any atom is -0.461 e. The second kappa shape index (κ2) is 6.42. The Morgan fingerprint density at radius 3 is 2.50 bits per heavy atom. The monoisotopic (exact) mass is 388 g/mol. The molecular formula is C24H36O4. The lowest BCUT2D eigenvalue weighted by molar-refractivity contribution is -0.167. The Morgan fingerprint density at radius 1 is 1.14 bits per heavy atom. The second-order valence-electron chi connectivity index (χ2n) is 11.3. The summed E-state index contributed by atoms with van der Waals surface area (Å²) in [6.07, 6.45) is 7.74. The molecule has 4 aliphatic carbocycles. The molecule has 0 aromatic heterocycles. The summed E-state index contributed by atoms with van der Waals surface area (Å²) in [6, 6.07) is 0. The molecule has 7 atom stereocenters. The molecule has 7 unspecified atom stereocenters. The number of Topliss-reactive ketones (excluding diaryl/α,β-unsaturated/α-hetero) is 1. The average Bonchev–Trinajstić information content (AvgIpc) is 2.85. The maximum atomic E-state index is 13.0. The quantitative estimate of drug-likeness (QED) is 0.532. The van der Waals surface area contributed by atoms with Gasteiger partial charge in [0.1, 0.15) is 11.9 Å². The third-order valence-electron chi connectivity index (χ3n) is 8.64. The second-order valence-corrected chi connectivity index (χ2v) is 11.3. The SMILES string of the molecule is CC(C)(C)C(=O)OC1CC(=O)C2(C)CCC3C(CCC4=CC(O)CCC43C)C12. The van der Waals surface area contributed by atoms with E-state index in [2.05, 4.69) is 19.9 Å². The van der Waals surface area contributed by atoms with Gasteiger partial charge in [0.25, 0.3) is 0 Å². The van der Waals surface area contributed by atoms with Crippen molar-refractivity contribution in [3.63, 3.8) is 0 Å². The number of fused-ring (bicyclic) bond motifs is 5. The molecule has 28 heavy (non-hydrogen) atoms. The number of hydrogen-bond acceptors (Lipinski definition) is 4. The standard InChI is InChI=1S/C24H36O4/c1-22(2,3)21(27)28-18-13-19(26)24(5)11-9-17-16(20(18)24)7-6-14-12-15(25)8-10-23(14,17)4/h12,15-18,20,25H,6-11,13H2,1-5H3. The van der Waals surface area contributed by atoms with Crippen molar-refractivity contribution < 1.29 is 19.4 Å². The molecule has 1 N–H and O–H groups in total. The van der Waals surface area contributed by atoms with Gasteiger partial charge in [0.2, 0.25) is 0 Å². The van der Waals surface area contributed by atoms with Crippen molar-refractivity contribution in [2.45, 2.75) is 91.8 Å². The maximum Gasteiger partial charge on any atom is 0.311 e. The molecule has 4 heteroatoms. The highest BCUT2D eigenvalue weighted by Gasteiger charge is 2.63. The molecule has 0 amide bonds. The van der Waals surface area contributed by atoms with E-state index in [1.165, 1.54) is 5.57 Å². The largest absolute Gasteiger partial charge is 0.461 e. The van der Waals surface area contributed by atoms with Gasteiger partial charge in [-0.15, -0.1) is 0 Å². The Morgan fingerprint density at radius 2 is 1.82 bits per heavy atom. The number of carbonyl (C=O) groups excluding carboxylic acids is 2. The molecule has 0 radical (unpaired) electrons. The predicted octanol–water partition coefficient (Wildman–Crippen LogP) is 4.45. The van der Waals surface area contributed by atoms with E-state index in [1.807, 2.05) is 20.8 Å². The highest BCUT2D eigenvalue weighted by atomic mass is 16.5. The van der Waals surface area contributed by atoms with Crippen LogP contribution in [0.5, 0.6) is 0 Å². The minimum absolute atomic E-state index is 0.119. The molecular weight excluding hydrogens is 352 g/mol. The number of ether oxygens (including phenoxy) is 1. The third kappa shape index (κ3) is 2.89. The molecule has 3 fully saturated rings. The third-order valence-corrected chi connectivity index (χ3v) is 8.64. The van der Waals surface area contributed by atoms with Gasteiger partial charge in [-0.05, 0) is 76.5 Å². The number of rotatable bonds is 1. The molecule has 0 spiro atoms. The van der Waals surface area contributed by atoms with Gasteiger partial charge in [0.05, 0.1) is 11.5 Å². The number of aliphatic hydroxyl groups is 1. The highest BCUT2D eigenvalue weighted by molar-refractivity contribution is 5.88. The van der Waals surface area contributed by atoms with E-state index < -0.39 is 5.41 Å². The Balaban J connectivity index is 1.66. The van der Waals surface area contributed by atoms with Crippen LogP contribution in [0.1, 0.15) is 79.6 Å². The number of esters is 1. The van der Waals surface area contributed by atoms with Gasteiger partial charge in [-0.3, -0.25) is 9.59 Å². The van der Waals surface area contributed by atoms with Crippen molar-refractivity contribution in [2.24, 2.45) is 34.0 Å². The van der Waals surface area contributed by atoms with Crippen molar-refractivity contribution in [1.29, 1.82) is 0 Å². The molecule has 0 bridgehead atoms. The summed E-state index contributed by atoms with van der Waals surface area (Å²) in [5.74, 6) is 1.16. The van der Waals surface area contributed by atoms with Crippen LogP contribution in [0.25, 0.3) is 0 Å². The van der Waals surface area contributed by atoms with E-state index >= 15 is 0 Å². The molecule has 0 aromatic carbocycles. The number of hydrogen-bond donors (Lipinski definition) is 1. The van der Waals surface area contributed by atoms with Crippen LogP contribution in [0.4, 0.5) is 0 Å². The summed E-state index contributed by atoms with van der Waals surface area (Å²) in [4.78, 5) is 25.6. The fourth-order valence-corrected chi connectivity index (χ4v) is 6.94. The molecule has 4 nitrogen and oxygen atoms in total. The first-order chi connectivity index (χ1) is 13.0. The van der Waals surface area contributed by atoms with Gasteiger partial charge in [0.15, 0.2) is 0 Å². The number of aliphatic hydroxyl groups excluding tert-OH is 1. The van der Waals surface area contributed by atoms with Gasteiger partial charge in [-0.1, -0.05) is 25.5 Å². The van der Waals surface area contributed by atoms with Crippen LogP contribution in [-0.4, -0.2) is 29.1 Å². The number of ketones is 1. The van der Waals surface area contributed by atoms with E-state index in [4.69, 9.17) is 4.74 Å². The zero-order valence-corrected chi connectivity index (χ0v) is 18.1. The zero-order chi connectivity index (χ0) is 20.5. The van der Waals surface area contributed by atoms with Gasteiger partial charge >= 0.3 is 5.97 Å². The Hall–Kier alpha value is -1.16. The fraction of sp³-hybridized carbons (Fsp3) is 0.833. The fourth-order valence-electron chi connectivity index (χ4n) is 6.94. The maximum absolute atomic E-state index is 13.0. The van der Waals surface area contributed by atoms with Crippen LogP contribution in [0.2, 0.25) is 0 Å². The normalized spacial score (nSPS) is 45.6. The zero-order valence-electron chi connectivity index (χ0n) is 18.1. The molecule has 0 heterocycles. The highest BCUT2D eigenvalue weighted by Crippen LogP contribution is 2.65. The Bertz CT molecular complexity index is 717. The van der Waals surface area contributed by atoms with Crippen molar-refractivity contribution in [3.8, 4) is 0 Å². The predicted molar refractivity (Wildman–Crippen MR) is 107 cm³/mol. The van der Waals surface area contributed by atoms with Crippen LogP contribution in [0, 0.1) is 34.0 Å². The van der Waals surface area contributed by atoms with Crippen molar-refractivity contribution in [3.05, 3.63) is 11.6 Å². The van der Waals surface area contributed by atoms with Crippen LogP contribution in [0.15, 0.2) is 11.6 Å².